The minimum absolute atomic E-state index is 0.0400. The number of aliphatic hydroxyl groups is 1. The number of thioether (sulfide) groups is 1. The molecular weight excluding hydrogens is 474 g/mol. The minimum atomic E-state index is -0.830. The topological polar surface area (TPSA) is 81.2 Å². The molecule has 3 amide bonds. The van der Waals surface area contributed by atoms with E-state index in [9.17, 15) is 19.5 Å². The zero-order chi connectivity index (χ0) is 25.4. The second-order valence-electron chi connectivity index (χ2n) is 10.3. The minimum Gasteiger partial charge on any atom is -0.394 e. The first-order valence-corrected chi connectivity index (χ1v) is 13.9. The summed E-state index contributed by atoms with van der Waals surface area (Å²) in [6.07, 6.45) is 10.00. The van der Waals surface area contributed by atoms with Crippen LogP contribution in [0.3, 0.4) is 0 Å². The molecule has 4 heterocycles. The van der Waals surface area contributed by atoms with Crippen LogP contribution >= 0.6 is 11.8 Å². The molecule has 1 aromatic rings. The van der Waals surface area contributed by atoms with Crippen molar-refractivity contribution in [3.63, 3.8) is 0 Å². The number of amides is 3. The van der Waals surface area contributed by atoms with Crippen LogP contribution < -0.4 is 0 Å². The fourth-order valence-electron chi connectivity index (χ4n) is 6.23. The smallest absolute Gasteiger partial charge is 0.247 e. The van der Waals surface area contributed by atoms with Crippen molar-refractivity contribution in [2.75, 3.05) is 26.2 Å². The lowest BCUT2D eigenvalue weighted by Crippen LogP contribution is -2.56. The summed E-state index contributed by atoms with van der Waals surface area (Å²) in [5, 5.41) is 9.85. The third kappa shape index (κ3) is 3.98. The van der Waals surface area contributed by atoms with Crippen LogP contribution in [0, 0.1) is 11.8 Å². The van der Waals surface area contributed by atoms with Gasteiger partial charge in [0.1, 0.15) is 6.04 Å². The van der Waals surface area contributed by atoms with Crippen LogP contribution in [0.4, 0.5) is 0 Å². The first-order valence-electron chi connectivity index (χ1n) is 13.0. The van der Waals surface area contributed by atoms with Crippen molar-refractivity contribution in [1.82, 2.24) is 14.7 Å². The van der Waals surface area contributed by atoms with E-state index < -0.39 is 28.7 Å². The normalized spacial score (nSPS) is 32.3. The SMILES string of the molecule is CCCCN1CC=C[C@]23S[C@H]4C=CCN(Cc5ccccc5)C(=O)[C@H]4[C@H]2C(=O)N([C@H](C)CO)C3C1=O. The number of carbonyl (C=O) groups is 3. The molecule has 1 aromatic carbocycles. The van der Waals surface area contributed by atoms with Crippen molar-refractivity contribution >= 4 is 29.5 Å². The van der Waals surface area contributed by atoms with Gasteiger partial charge in [0.05, 0.1) is 29.2 Å². The van der Waals surface area contributed by atoms with E-state index in [4.69, 9.17) is 0 Å². The van der Waals surface area contributed by atoms with E-state index in [1.165, 1.54) is 0 Å². The van der Waals surface area contributed by atoms with Gasteiger partial charge in [0.2, 0.25) is 17.7 Å². The molecule has 1 unspecified atom stereocenters. The van der Waals surface area contributed by atoms with Gasteiger partial charge in [-0.3, -0.25) is 14.4 Å². The van der Waals surface area contributed by atoms with Gasteiger partial charge in [0.15, 0.2) is 0 Å². The molecule has 0 aliphatic carbocycles. The molecule has 2 saturated heterocycles. The van der Waals surface area contributed by atoms with E-state index in [1.54, 1.807) is 23.6 Å². The van der Waals surface area contributed by atoms with E-state index >= 15 is 0 Å². The molecule has 4 aliphatic heterocycles. The van der Waals surface area contributed by atoms with Crippen LogP contribution in [-0.2, 0) is 20.9 Å². The predicted molar refractivity (Wildman–Crippen MR) is 140 cm³/mol. The van der Waals surface area contributed by atoms with Crippen LogP contribution in [-0.4, -0.2) is 85.8 Å². The van der Waals surface area contributed by atoms with Crippen molar-refractivity contribution in [1.29, 1.82) is 0 Å². The molecule has 2 fully saturated rings. The Balaban J connectivity index is 1.54. The molecule has 0 bridgehead atoms. The van der Waals surface area contributed by atoms with E-state index in [-0.39, 0.29) is 29.6 Å². The van der Waals surface area contributed by atoms with Crippen molar-refractivity contribution in [2.24, 2.45) is 11.8 Å². The maximum Gasteiger partial charge on any atom is 0.247 e. The number of carbonyl (C=O) groups excluding carboxylic acids is 3. The lowest BCUT2D eigenvalue weighted by molar-refractivity contribution is -0.146. The number of likely N-dealkylation sites (tertiary alicyclic amines) is 1. The maximum absolute atomic E-state index is 14.1. The summed E-state index contributed by atoms with van der Waals surface area (Å²) >= 11 is 1.59. The number of aliphatic hydroxyl groups excluding tert-OH is 1. The number of nitrogens with zero attached hydrogens (tertiary/aromatic N) is 3. The van der Waals surface area contributed by atoms with E-state index in [1.807, 2.05) is 58.4 Å². The Morgan fingerprint density at radius 1 is 1.06 bits per heavy atom. The molecule has 5 rings (SSSR count). The first kappa shape index (κ1) is 25.1. The van der Waals surface area contributed by atoms with Crippen LogP contribution in [0.25, 0.3) is 0 Å². The van der Waals surface area contributed by atoms with Crippen LogP contribution in [0.1, 0.15) is 32.3 Å². The molecule has 7 nitrogen and oxygen atoms in total. The summed E-state index contributed by atoms with van der Waals surface area (Å²) in [5.41, 5.74) is 1.04. The summed E-state index contributed by atoms with van der Waals surface area (Å²) < 4.78 is -0.830. The summed E-state index contributed by atoms with van der Waals surface area (Å²) in [7, 11) is 0. The summed E-state index contributed by atoms with van der Waals surface area (Å²) in [4.78, 5) is 47.4. The Hall–Kier alpha value is -2.58. The molecule has 0 aromatic heterocycles. The van der Waals surface area contributed by atoms with Gasteiger partial charge < -0.3 is 19.8 Å². The molecule has 0 saturated carbocycles. The number of rotatable bonds is 7. The molecular formula is C28H35N3O4S. The first-order chi connectivity index (χ1) is 17.4. The number of benzene rings is 1. The van der Waals surface area contributed by atoms with Gasteiger partial charge in [-0.05, 0) is 18.9 Å². The molecule has 0 radical (unpaired) electrons. The fraction of sp³-hybridized carbons (Fsp3) is 0.536. The number of hydrogen-bond acceptors (Lipinski definition) is 5. The molecule has 1 spiro atoms. The average Bonchev–Trinajstić information content (AvgIpc) is 3.22. The van der Waals surface area contributed by atoms with Gasteiger partial charge in [0.25, 0.3) is 0 Å². The Morgan fingerprint density at radius 3 is 2.53 bits per heavy atom. The highest BCUT2D eigenvalue weighted by Crippen LogP contribution is 2.61. The monoisotopic (exact) mass is 509 g/mol. The molecule has 1 N–H and O–H groups in total. The van der Waals surface area contributed by atoms with E-state index in [0.717, 1.165) is 18.4 Å². The third-order valence-corrected chi connectivity index (χ3v) is 9.74. The molecule has 36 heavy (non-hydrogen) atoms. The Kier molecular flexibility index (Phi) is 7.01. The van der Waals surface area contributed by atoms with Crippen LogP contribution in [0.2, 0.25) is 0 Å². The molecule has 6 atom stereocenters. The zero-order valence-electron chi connectivity index (χ0n) is 21.0. The Labute approximate surface area is 217 Å². The van der Waals surface area contributed by atoms with Gasteiger partial charge in [-0.15, -0.1) is 11.8 Å². The summed E-state index contributed by atoms with van der Waals surface area (Å²) in [5.74, 6) is -1.51. The highest BCUT2D eigenvalue weighted by molar-refractivity contribution is 8.02. The summed E-state index contributed by atoms with van der Waals surface area (Å²) in [6, 6.07) is 8.64. The fourth-order valence-corrected chi connectivity index (χ4v) is 8.23. The van der Waals surface area contributed by atoms with Crippen molar-refractivity contribution < 1.29 is 19.5 Å². The number of hydrogen-bond donors (Lipinski definition) is 1. The van der Waals surface area contributed by atoms with Crippen molar-refractivity contribution in [2.45, 2.75) is 55.3 Å². The van der Waals surface area contributed by atoms with Gasteiger partial charge in [0, 0.05) is 31.4 Å². The highest BCUT2D eigenvalue weighted by Gasteiger charge is 2.71. The van der Waals surface area contributed by atoms with Crippen LogP contribution in [0.15, 0.2) is 54.6 Å². The van der Waals surface area contributed by atoms with Crippen LogP contribution in [0.5, 0.6) is 0 Å². The number of unbranched alkanes of at least 4 members (excludes halogenated alkanes) is 1. The standard InChI is InChI=1S/C28H35N3O4S/c1-3-4-14-29-16-9-13-28-23(26(34)31(19(2)18-32)24(28)27(29)35)22-21(36-28)12-8-15-30(25(22)33)17-20-10-6-5-7-11-20/h5-13,19,21-24,32H,3-4,14-18H2,1-2H3/t19-,21+,22-,23+,24?,28+/m1/s1. The van der Waals surface area contributed by atoms with Gasteiger partial charge in [-0.1, -0.05) is 68.0 Å². The maximum atomic E-state index is 14.1. The molecule has 8 heteroatoms. The Morgan fingerprint density at radius 2 is 1.81 bits per heavy atom. The molecule has 4 aliphatic rings. The largest absolute Gasteiger partial charge is 0.394 e. The lowest BCUT2D eigenvalue weighted by atomic mass is 9.78. The Bertz CT molecular complexity index is 1080. The summed E-state index contributed by atoms with van der Waals surface area (Å²) in [6.45, 7) is 5.75. The highest BCUT2D eigenvalue weighted by atomic mass is 32.2. The predicted octanol–water partition coefficient (Wildman–Crippen LogP) is 2.46. The second-order valence-corrected chi connectivity index (χ2v) is 11.8. The quantitative estimate of drug-likeness (QED) is 0.571. The number of fused-ring (bicyclic) bond motifs is 2. The van der Waals surface area contributed by atoms with E-state index in [0.29, 0.717) is 26.2 Å². The van der Waals surface area contributed by atoms with E-state index in [2.05, 4.69) is 13.0 Å². The molecule has 192 valence electrons. The van der Waals surface area contributed by atoms with Gasteiger partial charge >= 0.3 is 0 Å². The van der Waals surface area contributed by atoms with Crippen molar-refractivity contribution in [3.8, 4) is 0 Å². The van der Waals surface area contributed by atoms with Crippen molar-refractivity contribution in [3.05, 3.63) is 60.2 Å². The average molecular weight is 510 g/mol. The third-order valence-electron chi connectivity index (χ3n) is 8.00. The van der Waals surface area contributed by atoms with Gasteiger partial charge in [-0.2, -0.15) is 0 Å². The van der Waals surface area contributed by atoms with Gasteiger partial charge in [-0.25, -0.2) is 0 Å². The second kappa shape index (κ2) is 10.1. The zero-order valence-corrected chi connectivity index (χ0v) is 21.8. The lowest BCUT2D eigenvalue weighted by Gasteiger charge is -2.37.